The number of ether oxygens (including phenoxy) is 1. The maximum Gasteiger partial charge on any atom is 0.328 e. The number of imide groups is 1. The Morgan fingerprint density at radius 1 is 1.21 bits per heavy atom. The molecule has 5 rings (SSSR count). The molecule has 1 aromatic heterocycles. The molecule has 0 bridgehead atoms. The minimum atomic E-state index is -1.04. The lowest BCUT2D eigenvalue weighted by Crippen LogP contribution is -2.53. The van der Waals surface area contributed by atoms with Gasteiger partial charge in [-0.2, -0.15) is 0 Å². The molecule has 3 heterocycles. The summed E-state index contributed by atoms with van der Waals surface area (Å²) < 4.78 is 5.44. The third kappa shape index (κ3) is 3.16. The van der Waals surface area contributed by atoms with Crippen LogP contribution in [0, 0.1) is 0 Å². The predicted molar refractivity (Wildman–Crippen MR) is 124 cm³/mol. The number of H-pyrrole nitrogens is 1. The van der Waals surface area contributed by atoms with Crippen LogP contribution >= 0.6 is 0 Å². The van der Waals surface area contributed by atoms with Crippen LogP contribution in [-0.4, -0.2) is 76.6 Å². The van der Waals surface area contributed by atoms with Gasteiger partial charge in [-0.05, 0) is 62.5 Å². The van der Waals surface area contributed by atoms with Crippen molar-refractivity contribution < 1.29 is 19.4 Å². The summed E-state index contributed by atoms with van der Waals surface area (Å²) in [6.07, 6.45) is 0.397. The topological polar surface area (TPSA) is 89.1 Å². The number of aromatic nitrogens is 1. The number of urea groups is 1. The number of benzene rings is 2. The Bertz CT molecular complexity index is 1270. The van der Waals surface area contributed by atoms with E-state index in [1.54, 1.807) is 30.2 Å². The van der Waals surface area contributed by atoms with Crippen molar-refractivity contribution in [2.45, 2.75) is 24.9 Å². The minimum Gasteiger partial charge on any atom is -0.508 e. The van der Waals surface area contributed by atoms with Crippen LogP contribution in [0.4, 0.5) is 4.79 Å². The number of aromatic hydroxyl groups is 1. The second-order valence-corrected chi connectivity index (χ2v) is 9.29. The van der Waals surface area contributed by atoms with Gasteiger partial charge in [-0.3, -0.25) is 14.6 Å². The number of methoxy groups -OCH3 is 1. The fraction of sp³-hybridized carbons (Fsp3) is 0.360. The number of amides is 3. The number of carbonyl (C=O) groups is 2. The fourth-order valence-electron chi connectivity index (χ4n) is 5.16. The molecule has 33 heavy (non-hydrogen) atoms. The van der Waals surface area contributed by atoms with E-state index < -0.39 is 11.6 Å². The average Bonchev–Trinajstić information content (AvgIpc) is 3.22. The Morgan fingerprint density at radius 3 is 2.70 bits per heavy atom. The summed E-state index contributed by atoms with van der Waals surface area (Å²) in [5.41, 5.74) is 2.48. The number of phenols is 1. The third-order valence-electron chi connectivity index (χ3n) is 6.83. The van der Waals surface area contributed by atoms with Gasteiger partial charge in [0, 0.05) is 36.1 Å². The second kappa shape index (κ2) is 7.52. The van der Waals surface area contributed by atoms with Crippen molar-refractivity contribution in [3.8, 4) is 11.5 Å². The quantitative estimate of drug-likeness (QED) is 0.586. The summed E-state index contributed by atoms with van der Waals surface area (Å²) in [6.45, 7) is 2.76. The molecule has 0 radical (unpaired) electrons. The van der Waals surface area contributed by atoms with Gasteiger partial charge < -0.3 is 19.7 Å². The fourth-order valence-corrected chi connectivity index (χ4v) is 5.16. The van der Waals surface area contributed by atoms with Gasteiger partial charge in [-0.15, -0.1) is 0 Å². The molecule has 2 aliphatic rings. The van der Waals surface area contributed by atoms with Crippen molar-refractivity contribution in [2.75, 3.05) is 34.3 Å². The molecule has 172 valence electrons. The maximum atomic E-state index is 13.7. The summed E-state index contributed by atoms with van der Waals surface area (Å²) in [5, 5.41) is 11.2. The zero-order valence-corrected chi connectivity index (χ0v) is 19.3. The third-order valence-corrected chi connectivity index (χ3v) is 6.83. The molecule has 3 aromatic rings. The van der Waals surface area contributed by atoms with Gasteiger partial charge in [0.1, 0.15) is 23.1 Å². The van der Waals surface area contributed by atoms with Crippen molar-refractivity contribution in [3.63, 3.8) is 0 Å². The number of fused-ring (bicyclic) bond motifs is 4. The first-order valence-electron chi connectivity index (χ1n) is 11.0. The lowest BCUT2D eigenvalue weighted by molar-refractivity contribution is -0.133. The Labute approximate surface area is 192 Å². The van der Waals surface area contributed by atoms with E-state index in [1.165, 1.54) is 4.90 Å². The van der Waals surface area contributed by atoms with Gasteiger partial charge >= 0.3 is 6.03 Å². The second-order valence-electron chi connectivity index (χ2n) is 9.29. The van der Waals surface area contributed by atoms with Crippen LogP contribution in [0.25, 0.3) is 10.9 Å². The highest BCUT2D eigenvalue weighted by Crippen LogP contribution is 2.49. The minimum absolute atomic E-state index is 0.113. The molecule has 2 aliphatic heterocycles. The Balaban J connectivity index is 1.72. The summed E-state index contributed by atoms with van der Waals surface area (Å²) in [4.78, 5) is 35.9. The number of nitrogens with zero attached hydrogens (tertiary/aromatic N) is 3. The molecule has 0 unspecified atom stereocenters. The van der Waals surface area contributed by atoms with E-state index in [0.717, 1.165) is 33.5 Å². The first kappa shape index (κ1) is 21.3. The van der Waals surface area contributed by atoms with Gasteiger partial charge in [0.15, 0.2) is 0 Å². The van der Waals surface area contributed by atoms with E-state index in [-0.39, 0.29) is 17.7 Å². The first-order chi connectivity index (χ1) is 15.7. The van der Waals surface area contributed by atoms with Crippen LogP contribution in [0.2, 0.25) is 0 Å². The summed E-state index contributed by atoms with van der Waals surface area (Å²) in [6, 6.07) is 11.9. The standard InChI is InChI=1S/C25H28N4O4/c1-25-14-19-18-13-17(33-4)8-9-20(18)26-21(19)22(15-6-5-7-16(30)12-15)29(25)24(32)28(23(25)31)11-10-27(2)3/h5-9,12-13,22,26,30H,10-11,14H2,1-4H3/t22-,25+/m0/s1. The van der Waals surface area contributed by atoms with Crippen LogP contribution in [0.3, 0.4) is 0 Å². The number of rotatable bonds is 5. The van der Waals surface area contributed by atoms with Crippen LogP contribution < -0.4 is 4.74 Å². The van der Waals surface area contributed by atoms with Crippen molar-refractivity contribution in [1.82, 2.24) is 19.7 Å². The lowest BCUT2D eigenvalue weighted by Gasteiger charge is -2.42. The average molecular weight is 449 g/mol. The Hall–Kier alpha value is -3.52. The summed E-state index contributed by atoms with van der Waals surface area (Å²) in [7, 11) is 5.46. The molecule has 2 aromatic carbocycles. The summed E-state index contributed by atoms with van der Waals surface area (Å²) in [5.74, 6) is 0.649. The zero-order valence-electron chi connectivity index (χ0n) is 19.3. The lowest BCUT2D eigenvalue weighted by atomic mass is 9.81. The highest BCUT2D eigenvalue weighted by atomic mass is 16.5. The molecule has 0 aliphatic carbocycles. The number of nitrogens with one attached hydrogen (secondary N) is 1. The molecule has 0 saturated carbocycles. The van der Waals surface area contributed by atoms with Crippen LogP contribution in [0.5, 0.6) is 11.5 Å². The number of likely N-dealkylation sites (N-methyl/N-ethyl adjacent to an activating group) is 1. The van der Waals surface area contributed by atoms with Gasteiger partial charge in [0.05, 0.1) is 7.11 Å². The van der Waals surface area contributed by atoms with E-state index in [4.69, 9.17) is 4.74 Å². The largest absolute Gasteiger partial charge is 0.508 e. The maximum absolute atomic E-state index is 13.7. The first-order valence-corrected chi connectivity index (χ1v) is 11.0. The predicted octanol–water partition coefficient (Wildman–Crippen LogP) is 3.11. The van der Waals surface area contributed by atoms with Crippen LogP contribution in [0.15, 0.2) is 42.5 Å². The molecular formula is C25H28N4O4. The SMILES string of the molecule is COc1ccc2[nH]c3c(c2c1)C[C@]1(C)C(=O)N(CCN(C)C)C(=O)N1[C@H]3c1cccc(O)c1. The van der Waals surface area contributed by atoms with E-state index >= 15 is 0 Å². The van der Waals surface area contributed by atoms with Crippen molar-refractivity contribution >= 4 is 22.8 Å². The van der Waals surface area contributed by atoms with Gasteiger partial charge in [-0.25, -0.2) is 4.79 Å². The number of phenolic OH excluding ortho intramolecular Hbond substituents is 1. The van der Waals surface area contributed by atoms with Crippen LogP contribution in [-0.2, 0) is 11.2 Å². The number of aromatic amines is 1. The number of hydrogen-bond acceptors (Lipinski definition) is 5. The number of hydrogen-bond donors (Lipinski definition) is 2. The van der Waals surface area contributed by atoms with Crippen molar-refractivity contribution in [2.24, 2.45) is 0 Å². The molecule has 2 N–H and O–H groups in total. The monoisotopic (exact) mass is 448 g/mol. The van der Waals surface area contributed by atoms with Gasteiger partial charge in [0.25, 0.3) is 5.91 Å². The van der Waals surface area contributed by atoms with E-state index in [2.05, 4.69) is 4.98 Å². The van der Waals surface area contributed by atoms with Gasteiger partial charge in [-0.1, -0.05) is 12.1 Å². The van der Waals surface area contributed by atoms with E-state index in [1.807, 2.05) is 50.2 Å². The highest BCUT2D eigenvalue weighted by molar-refractivity contribution is 6.08. The zero-order chi connectivity index (χ0) is 23.5. The smallest absolute Gasteiger partial charge is 0.328 e. The molecule has 8 heteroatoms. The molecule has 1 fully saturated rings. The molecule has 2 atom stereocenters. The molecule has 8 nitrogen and oxygen atoms in total. The van der Waals surface area contributed by atoms with Crippen LogP contribution in [0.1, 0.15) is 29.8 Å². The molecule has 3 amide bonds. The molecule has 1 saturated heterocycles. The van der Waals surface area contributed by atoms with E-state index in [0.29, 0.717) is 19.5 Å². The highest BCUT2D eigenvalue weighted by Gasteiger charge is 2.60. The Morgan fingerprint density at radius 2 is 2.00 bits per heavy atom. The Kier molecular flexibility index (Phi) is 4.86. The van der Waals surface area contributed by atoms with E-state index in [9.17, 15) is 14.7 Å². The van der Waals surface area contributed by atoms with Crippen molar-refractivity contribution in [1.29, 1.82) is 0 Å². The summed E-state index contributed by atoms with van der Waals surface area (Å²) >= 11 is 0. The van der Waals surface area contributed by atoms with Gasteiger partial charge in [0.2, 0.25) is 0 Å². The van der Waals surface area contributed by atoms with Crippen molar-refractivity contribution in [3.05, 3.63) is 59.3 Å². The molecular weight excluding hydrogens is 420 g/mol. The molecule has 0 spiro atoms. The number of carbonyl (C=O) groups excluding carboxylic acids is 2. The normalized spacial score (nSPS) is 22.3.